The minimum absolute atomic E-state index is 0.102. The van der Waals surface area contributed by atoms with Crippen molar-refractivity contribution in [3.63, 3.8) is 0 Å². The Hall–Kier alpha value is -2.50. The third-order valence-corrected chi connectivity index (χ3v) is 6.79. The Labute approximate surface area is 212 Å². The monoisotopic (exact) mass is 549 g/mol. The second-order valence-corrected chi connectivity index (χ2v) is 11.5. The van der Waals surface area contributed by atoms with Crippen molar-refractivity contribution in [3.8, 4) is 5.75 Å². The zero-order chi connectivity index (χ0) is 26.9. The van der Waals surface area contributed by atoms with Gasteiger partial charge in [-0.3, -0.25) is 0 Å². The highest BCUT2D eigenvalue weighted by Crippen LogP contribution is 2.32. The van der Waals surface area contributed by atoms with Crippen LogP contribution in [0, 0.1) is 0 Å². The molecule has 0 heterocycles. The number of nitrogens with zero attached hydrogens (tertiary/aromatic N) is 1. The van der Waals surface area contributed by atoms with Crippen LogP contribution in [0.4, 0.5) is 18.0 Å². The highest BCUT2D eigenvalue weighted by Gasteiger charge is 2.48. The van der Waals surface area contributed by atoms with E-state index in [1.165, 1.54) is 23.1 Å². The number of aliphatic hydroxyl groups excluding tert-OH is 1. The van der Waals surface area contributed by atoms with E-state index in [9.17, 15) is 31.5 Å². The van der Waals surface area contributed by atoms with Crippen LogP contribution in [-0.2, 0) is 27.7 Å². The maximum atomic E-state index is 13.1. The molecule has 12 heteroatoms. The van der Waals surface area contributed by atoms with Gasteiger partial charge in [0.2, 0.25) is 0 Å². The van der Waals surface area contributed by atoms with E-state index in [1.54, 1.807) is 45.0 Å². The number of carbonyl (C=O) groups is 1. The molecule has 1 aliphatic rings. The highest BCUT2D eigenvalue weighted by atomic mass is 35.5. The molecule has 3 rings (SSSR count). The summed E-state index contributed by atoms with van der Waals surface area (Å²) in [7, 11) is -5.82. The van der Waals surface area contributed by atoms with E-state index in [0.717, 1.165) is 5.56 Å². The van der Waals surface area contributed by atoms with E-state index in [0.29, 0.717) is 29.0 Å². The quantitative estimate of drug-likeness (QED) is 0.383. The van der Waals surface area contributed by atoms with Crippen molar-refractivity contribution in [2.45, 2.75) is 63.3 Å². The van der Waals surface area contributed by atoms with Crippen LogP contribution in [0.2, 0.25) is 5.02 Å². The summed E-state index contributed by atoms with van der Waals surface area (Å²) in [6.07, 6.45) is -0.534. The van der Waals surface area contributed by atoms with Gasteiger partial charge < -0.3 is 18.9 Å². The Bertz CT molecular complexity index is 1200. The molecule has 2 aromatic carbocycles. The topological polar surface area (TPSA) is 93.1 Å². The second-order valence-electron chi connectivity index (χ2n) is 9.51. The lowest BCUT2D eigenvalue weighted by Crippen LogP contribution is -2.47. The molecule has 0 aromatic heterocycles. The van der Waals surface area contributed by atoms with Gasteiger partial charge in [-0.25, -0.2) is 4.79 Å². The van der Waals surface area contributed by atoms with Gasteiger partial charge in [0.15, 0.2) is 0 Å². The molecule has 2 atom stereocenters. The van der Waals surface area contributed by atoms with E-state index < -0.39 is 45.2 Å². The molecule has 0 radical (unpaired) electrons. The standard InChI is InChI=1S/C24H27ClF3NO6S/c1-23(2,3)34-22(31)29(14-21(30)16-4-8-18(25)9-5-16)19-10-6-15-7-11-20(13-17(15)12-19)35-36(32,33)24(26,27)28/h4-5,7-9,11,13,19,21,30H,6,10,12,14H2,1-3H3/t19-,21-/m0/s1. The van der Waals surface area contributed by atoms with E-state index in [4.69, 9.17) is 16.3 Å². The molecule has 0 bridgehead atoms. The van der Waals surface area contributed by atoms with Crippen molar-refractivity contribution in [2.75, 3.05) is 6.54 Å². The summed E-state index contributed by atoms with van der Waals surface area (Å²) >= 11 is 5.92. The lowest BCUT2D eigenvalue weighted by atomic mass is 9.87. The fourth-order valence-corrected chi connectivity index (χ4v) is 4.45. The van der Waals surface area contributed by atoms with Crippen LogP contribution < -0.4 is 4.18 Å². The number of halogens is 4. The predicted molar refractivity (Wildman–Crippen MR) is 127 cm³/mol. The first kappa shape index (κ1) is 28.1. The van der Waals surface area contributed by atoms with E-state index >= 15 is 0 Å². The molecule has 0 saturated heterocycles. The fourth-order valence-electron chi connectivity index (χ4n) is 3.88. The summed E-state index contributed by atoms with van der Waals surface area (Å²) in [5.74, 6) is -0.475. The van der Waals surface area contributed by atoms with Gasteiger partial charge in [0.1, 0.15) is 11.4 Å². The van der Waals surface area contributed by atoms with Crippen LogP contribution in [0.1, 0.15) is 50.0 Å². The molecule has 2 aromatic rings. The maximum absolute atomic E-state index is 13.1. The summed E-state index contributed by atoms with van der Waals surface area (Å²) in [5, 5.41) is 11.3. The Kier molecular flexibility index (Phi) is 8.17. The Morgan fingerprint density at radius 1 is 1.14 bits per heavy atom. The predicted octanol–water partition coefficient (Wildman–Crippen LogP) is 5.40. The molecular formula is C24H27ClF3NO6S. The first-order valence-electron chi connectivity index (χ1n) is 11.1. The normalized spacial score (nSPS) is 17.2. The number of aryl methyl sites for hydroxylation is 1. The van der Waals surface area contributed by atoms with Crippen LogP contribution in [0.15, 0.2) is 42.5 Å². The van der Waals surface area contributed by atoms with Crippen LogP contribution in [0.3, 0.4) is 0 Å². The number of hydrogen-bond acceptors (Lipinski definition) is 6. The van der Waals surface area contributed by atoms with Crippen LogP contribution >= 0.6 is 11.6 Å². The molecule has 36 heavy (non-hydrogen) atoms. The van der Waals surface area contributed by atoms with Gasteiger partial charge in [0, 0.05) is 11.1 Å². The number of aliphatic hydroxyl groups is 1. The van der Waals surface area contributed by atoms with Crippen molar-refractivity contribution in [1.29, 1.82) is 0 Å². The molecule has 1 N–H and O–H groups in total. The summed E-state index contributed by atoms with van der Waals surface area (Å²) in [4.78, 5) is 14.5. The van der Waals surface area contributed by atoms with Crippen molar-refractivity contribution >= 4 is 27.8 Å². The zero-order valence-electron chi connectivity index (χ0n) is 19.9. The average Bonchev–Trinajstić information content (AvgIpc) is 2.75. The SMILES string of the molecule is CC(C)(C)OC(=O)N(C[C@H](O)c1ccc(Cl)cc1)[C@H]1CCc2ccc(OS(=O)(=O)C(F)(F)F)cc2C1. The summed E-state index contributed by atoms with van der Waals surface area (Å²) in [6, 6.07) is 9.95. The third-order valence-electron chi connectivity index (χ3n) is 5.56. The Morgan fingerprint density at radius 2 is 1.78 bits per heavy atom. The number of benzene rings is 2. The summed E-state index contributed by atoms with van der Waals surface area (Å²) in [5.41, 5.74) is -4.49. The number of carbonyl (C=O) groups excluding carboxylic acids is 1. The molecule has 1 aliphatic carbocycles. The third kappa shape index (κ3) is 7.04. The van der Waals surface area contributed by atoms with E-state index in [2.05, 4.69) is 4.18 Å². The molecular weight excluding hydrogens is 523 g/mol. The molecule has 0 saturated carbocycles. The summed E-state index contributed by atoms with van der Waals surface area (Å²) in [6.45, 7) is 5.02. The number of rotatable bonds is 6. The van der Waals surface area contributed by atoms with Gasteiger partial charge in [-0.15, -0.1) is 0 Å². The second kappa shape index (κ2) is 10.5. The fraction of sp³-hybridized carbons (Fsp3) is 0.458. The Morgan fingerprint density at radius 3 is 2.36 bits per heavy atom. The molecule has 0 spiro atoms. The molecule has 0 fully saturated rings. The Balaban J connectivity index is 1.86. The van der Waals surface area contributed by atoms with Gasteiger partial charge >= 0.3 is 21.7 Å². The minimum Gasteiger partial charge on any atom is -0.444 e. The lowest BCUT2D eigenvalue weighted by molar-refractivity contribution is -0.0500. The zero-order valence-corrected chi connectivity index (χ0v) is 21.5. The largest absolute Gasteiger partial charge is 0.534 e. The molecule has 1 amide bonds. The minimum atomic E-state index is -5.82. The van der Waals surface area contributed by atoms with Gasteiger partial charge in [-0.2, -0.15) is 21.6 Å². The first-order valence-corrected chi connectivity index (χ1v) is 12.9. The average molecular weight is 550 g/mol. The van der Waals surface area contributed by atoms with Crippen molar-refractivity contribution < 1.29 is 40.4 Å². The molecule has 0 unspecified atom stereocenters. The number of alkyl halides is 3. The van der Waals surface area contributed by atoms with E-state index in [-0.39, 0.29) is 13.0 Å². The van der Waals surface area contributed by atoms with Gasteiger partial charge in [-0.05, 0) is 81.0 Å². The number of fused-ring (bicyclic) bond motifs is 1. The van der Waals surface area contributed by atoms with Crippen molar-refractivity contribution in [1.82, 2.24) is 4.90 Å². The first-order chi connectivity index (χ1) is 16.6. The molecule has 198 valence electrons. The van der Waals surface area contributed by atoms with Gasteiger partial charge in [-0.1, -0.05) is 29.8 Å². The van der Waals surface area contributed by atoms with Gasteiger partial charge in [0.05, 0.1) is 12.6 Å². The smallest absolute Gasteiger partial charge is 0.444 e. The number of hydrogen-bond donors (Lipinski definition) is 1. The summed E-state index contributed by atoms with van der Waals surface area (Å²) < 4.78 is 70.8. The molecule has 0 aliphatic heterocycles. The maximum Gasteiger partial charge on any atom is 0.534 e. The van der Waals surface area contributed by atoms with E-state index in [1.807, 2.05) is 0 Å². The highest BCUT2D eigenvalue weighted by molar-refractivity contribution is 7.88. The number of ether oxygens (including phenoxy) is 1. The molecule has 7 nitrogen and oxygen atoms in total. The van der Waals surface area contributed by atoms with Crippen molar-refractivity contribution in [3.05, 3.63) is 64.2 Å². The van der Waals surface area contributed by atoms with Gasteiger partial charge in [0.25, 0.3) is 0 Å². The van der Waals surface area contributed by atoms with Crippen LogP contribution in [0.25, 0.3) is 0 Å². The van der Waals surface area contributed by atoms with Crippen LogP contribution in [-0.4, -0.2) is 48.2 Å². The number of amides is 1. The lowest BCUT2D eigenvalue weighted by Gasteiger charge is -2.37. The van der Waals surface area contributed by atoms with Crippen molar-refractivity contribution in [2.24, 2.45) is 0 Å². The van der Waals surface area contributed by atoms with Crippen LogP contribution in [0.5, 0.6) is 5.75 Å².